The van der Waals surface area contributed by atoms with E-state index in [-0.39, 0.29) is 0 Å². The summed E-state index contributed by atoms with van der Waals surface area (Å²) in [5.41, 5.74) is 2.51. The van der Waals surface area contributed by atoms with Crippen molar-refractivity contribution in [1.82, 2.24) is 0 Å². The van der Waals surface area contributed by atoms with E-state index < -0.39 is 11.7 Å². The lowest BCUT2D eigenvalue weighted by Crippen LogP contribution is -2.27. The Morgan fingerprint density at radius 3 is 2.60 bits per heavy atom. The quantitative estimate of drug-likeness (QED) is 0.798. The maximum Gasteiger partial charge on any atom is 0.412 e. The summed E-state index contributed by atoms with van der Waals surface area (Å²) in [6.07, 6.45) is 0.297. The molecule has 0 atom stereocenters. The summed E-state index contributed by atoms with van der Waals surface area (Å²) in [6.45, 7) is 7.67. The Bertz CT molecular complexity index is 763. The molecule has 0 heterocycles. The van der Waals surface area contributed by atoms with Crippen LogP contribution in [0.4, 0.5) is 10.5 Å². The molecule has 0 bridgehead atoms. The molecule has 0 radical (unpaired) electrons. The second-order valence-electron chi connectivity index (χ2n) is 6.81. The molecule has 0 aliphatic rings. The van der Waals surface area contributed by atoms with E-state index in [1.807, 2.05) is 52.0 Å². The second-order valence-corrected chi connectivity index (χ2v) is 6.81. The van der Waals surface area contributed by atoms with Crippen molar-refractivity contribution in [1.29, 1.82) is 0 Å². The third-order valence-corrected chi connectivity index (χ3v) is 3.19. The molecule has 2 rings (SSSR count). The van der Waals surface area contributed by atoms with Gasteiger partial charge in [0, 0.05) is 11.3 Å². The van der Waals surface area contributed by atoms with Gasteiger partial charge in [0.1, 0.15) is 24.2 Å². The van der Waals surface area contributed by atoms with Crippen molar-refractivity contribution >= 4 is 18.1 Å². The van der Waals surface area contributed by atoms with E-state index in [1.54, 1.807) is 18.2 Å². The summed E-state index contributed by atoms with van der Waals surface area (Å²) in [6, 6.07) is 12.7. The first-order valence-electron chi connectivity index (χ1n) is 8.04. The number of amides is 1. The molecule has 1 N–H and O–H groups in total. The molecule has 0 fully saturated rings. The summed E-state index contributed by atoms with van der Waals surface area (Å²) < 4.78 is 11.0. The molecule has 5 heteroatoms. The fourth-order valence-electron chi connectivity index (χ4n) is 2.25. The summed E-state index contributed by atoms with van der Waals surface area (Å²) in [4.78, 5) is 22.8. The van der Waals surface area contributed by atoms with Crippen LogP contribution < -0.4 is 10.1 Å². The maximum absolute atomic E-state index is 11.8. The van der Waals surface area contributed by atoms with Crippen LogP contribution >= 0.6 is 0 Å². The molecule has 0 aliphatic heterocycles. The molecular weight excluding hydrogens is 318 g/mol. The van der Waals surface area contributed by atoms with E-state index in [9.17, 15) is 9.59 Å². The smallest absolute Gasteiger partial charge is 0.412 e. The van der Waals surface area contributed by atoms with Gasteiger partial charge in [-0.3, -0.25) is 10.1 Å². The Balaban J connectivity index is 2.01. The number of rotatable bonds is 5. The Labute approximate surface area is 148 Å². The Hall–Kier alpha value is -2.82. The van der Waals surface area contributed by atoms with Gasteiger partial charge in [0.15, 0.2) is 0 Å². The van der Waals surface area contributed by atoms with Gasteiger partial charge in [0.25, 0.3) is 0 Å². The number of anilines is 1. The molecule has 132 valence electrons. The number of hydrogen-bond donors (Lipinski definition) is 1. The van der Waals surface area contributed by atoms with Crippen LogP contribution in [-0.2, 0) is 11.3 Å². The lowest BCUT2D eigenvalue weighted by atomic mass is 10.1. The first-order chi connectivity index (χ1) is 11.7. The monoisotopic (exact) mass is 341 g/mol. The predicted molar refractivity (Wildman–Crippen MR) is 97.2 cm³/mol. The highest BCUT2D eigenvalue weighted by Crippen LogP contribution is 2.19. The molecule has 25 heavy (non-hydrogen) atoms. The van der Waals surface area contributed by atoms with Crippen molar-refractivity contribution in [2.75, 3.05) is 5.32 Å². The van der Waals surface area contributed by atoms with Crippen molar-refractivity contribution in [3.63, 3.8) is 0 Å². The van der Waals surface area contributed by atoms with Crippen LogP contribution in [-0.4, -0.2) is 18.0 Å². The SMILES string of the molecule is Cc1cc(C=O)cc(OCc2cccc(NC(=O)OC(C)(C)C)c2)c1. The van der Waals surface area contributed by atoms with E-state index in [4.69, 9.17) is 9.47 Å². The number of benzene rings is 2. The fraction of sp³-hybridized carbons (Fsp3) is 0.300. The molecule has 1 amide bonds. The Morgan fingerprint density at radius 1 is 1.16 bits per heavy atom. The average Bonchev–Trinajstić information content (AvgIpc) is 2.51. The minimum Gasteiger partial charge on any atom is -0.489 e. The van der Waals surface area contributed by atoms with E-state index in [0.717, 1.165) is 17.4 Å². The third kappa shape index (κ3) is 6.30. The molecule has 2 aromatic carbocycles. The number of carbonyl (C=O) groups excluding carboxylic acids is 2. The first kappa shape index (κ1) is 18.5. The number of carbonyl (C=O) groups is 2. The van der Waals surface area contributed by atoms with Gasteiger partial charge >= 0.3 is 6.09 Å². The third-order valence-electron chi connectivity index (χ3n) is 3.19. The van der Waals surface area contributed by atoms with Crippen LogP contribution in [0.25, 0.3) is 0 Å². The van der Waals surface area contributed by atoms with Crippen LogP contribution in [0.2, 0.25) is 0 Å². The summed E-state index contributed by atoms with van der Waals surface area (Å²) in [5.74, 6) is 0.632. The molecule has 5 nitrogen and oxygen atoms in total. The second kappa shape index (κ2) is 7.83. The van der Waals surface area contributed by atoms with E-state index in [0.29, 0.717) is 23.6 Å². The van der Waals surface area contributed by atoms with Gasteiger partial charge in [-0.1, -0.05) is 12.1 Å². The normalized spacial score (nSPS) is 10.9. The van der Waals surface area contributed by atoms with Gasteiger partial charge in [-0.05, 0) is 69.2 Å². The zero-order valence-corrected chi connectivity index (χ0v) is 15.0. The lowest BCUT2D eigenvalue weighted by Gasteiger charge is -2.19. The topological polar surface area (TPSA) is 64.6 Å². The van der Waals surface area contributed by atoms with Crippen LogP contribution in [0.15, 0.2) is 42.5 Å². The summed E-state index contributed by atoms with van der Waals surface area (Å²) in [7, 11) is 0. The van der Waals surface area contributed by atoms with Crippen molar-refractivity contribution < 1.29 is 19.1 Å². The standard InChI is InChI=1S/C20H23NO4/c1-14-8-16(12-22)11-18(9-14)24-13-15-6-5-7-17(10-15)21-19(23)25-20(2,3)4/h5-12H,13H2,1-4H3,(H,21,23). The lowest BCUT2D eigenvalue weighted by molar-refractivity contribution is 0.0636. The van der Waals surface area contributed by atoms with Crippen LogP contribution in [0.3, 0.4) is 0 Å². The number of nitrogens with one attached hydrogen (secondary N) is 1. The zero-order valence-electron chi connectivity index (χ0n) is 15.0. The van der Waals surface area contributed by atoms with E-state index >= 15 is 0 Å². The number of hydrogen-bond acceptors (Lipinski definition) is 4. The highest BCUT2D eigenvalue weighted by atomic mass is 16.6. The van der Waals surface area contributed by atoms with Gasteiger partial charge in [-0.25, -0.2) is 4.79 Å². The van der Waals surface area contributed by atoms with Gasteiger partial charge in [-0.15, -0.1) is 0 Å². The van der Waals surface area contributed by atoms with Crippen molar-refractivity contribution in [2.45, 2.75) is 39.9 Å². The Morgan fingerprint density at radius 2 is 1.92 bits per heavy atom. The van der Waals surface area contributed by atoms with Crippen LogP contribution in [0.5, 0.6) is 5.75 Å². The number of aryl methyl sites for hydroxylation is 1. The average molecular weight is 341 g/mol. The molecule has 0 aromatic heterocycles. The number of aldehydes is 1. The van der Waals surface area contributed by atoms with Crippen LogP contribution in [0.1, 0.15) is 42.3 Å². The number of ether oxygens (including phenoxy) is 2. The van der Waals surface area contributed by atoms with Crippen molar-refractivity contribution in [3.8, 4) is 5.75 Å². The minimum atomic E-state index is -0.549. The largest absolute Gasteiger partial charge is 0.489 e. The first-order valence-corrected chi connectivity index (χ1v) is 8.04. The van der Waals surface area contributed by atoms with Gasteiger partial charge < -0.3 is 9.47 Å². The molecule has 2 aromatic rings. The highest BCUT2D eigenvalue weighted by molar-refractivity contribution is 5.84. The van der Waals surface area contributed by atoms with E-state index in [2.05, 4.69) is 5.32 Å². The van der Waals surface area contributed by atoms with E-state index in [1.165, 1.54) is 0 Å². The fourth-order valence-corrected chi connectivity index (χ4v) is 2.25. The molecule has 0 unspecified atom stereocenters. The summed E-state index contributed by atoms with van der Waals surface area (Å²) in [5, 5.41) is 2.70. The summed E-state index contributed by atoms with van der Waals surface area (Å²) >= 11 is 0. The maximum atomic E-state index is 11.8. The van der Waals surface area contributed by atoms with Crippen LogP contribution in [0, 0.1) is 6.92 Å². The molecule has 0 saturated carbocycles. The molecular formula is C20H23NO4. The van der Waals surface area contributed by atoms with Crippen molar-refractivity contribution in [2.24, 2.45) is 0 Å². The molecule has 0 saturated heterocycles. The highest BCUT2D eigenvalue weighted by Gasteiger charge is 2.16. The van der Waals surface area contributed by atoms with Gasteiger partial charge in [0.2, 0.25) is 0 Å². The molecule has 0 spiro atoms. The van der Waals surface area contributed by atoms with Gasteiger partial charge in [-0.2, -0.15) is 0 Å². The van der Waals surface area contributed by atoms with Gasteiger partial charge in [0.05, 0.1) is 0 Å². The minimum absolute atomic E-state index is 0.325. The zero-order chi connectivity index (χ0) is 18.4. The predicted octanol–water partition coefficient (Wildman–Crippen LogP) is 4.73. The molecule has 0 aliphatic carbocycles. The Kier molecular flexibility index (Phi) is 5.80. The van der Waals surface area contributed by atoms with Crippen molar-refractivity contribution in [3.05, 3.63) is 59.2 Å².